The van der Waals surface area contributed by atoms with E-state index in [1.807, 2.05) is 37.3 Å². The van der Waals surface area contributed by atoms with Crippen LogP contribution < -0.4 is 5.32 Å². The second-order valence-corrected chi connectivity index (χ2v) is 6.25. The Hall–Kier alpha value is -2.44. The first-order chi connectivity index (χ1) is 12.5. The molecule has 0 fully saturated rings. The van der Waals surface area contributed by atoms with Crippen LogP contribution in [0, 0.1) is 0 Å². The standard InChI is InChI=1S/C20H24BNO4/c1-2-15-7-6-8-16(13-15)14-19(21(25)26)22-20(24)12-11-18(23)17-9-4-3-5-10-17/h3-10,13,19,25-26H,2,11-12,14H2,1H3,(H,22,24). The van der Waals surface area contributed by atoms with Crippen molar-refractivity contribution in [3.63, 3.8) is 0 Å². The molecule has 2 aromatic rings. The number of hydrogen-bond donors (Lipinski definition) is 3. The molecular formula is C20H24BNO4. The summed E-state index contributed by atoms with van der Waals surface area (Å²) in [6.07, 6.45) is 1.28. The van der Waals surface area contributed by atoms with Gasteiger partial charge in [-0.15, -0.1) is 0 Å². The predicted molar refractivity (Wildman–Crippen MR) is 102 cm³/mol. The molecule has 136 valence electrons. The largest absolute Gasteiger partial charge is 0.475 e. The third kappa shape index (κ3) is 6.13. The highest BCUT2D eigenvalue weighted by Crippen LogP contribution is 2.10. The molecule has 1 amide bonds. The van der Waals surface area contributed by atoms with Crippen LogP contribution in [0.5, 0.6) is 0 Å². The number of hydrogen-bond acceptors (Lipinski definition) is 4. The van der Waals surface area contributed by atoms with Gasteiger partial charge in [0.15, 0.2) is 5.78 Å². The maximum absolute atomic E-state index is 12.1. The third-order valence-corrected chi connectivity index (χ3v) is 4.24. The van der Waals surface area contributed by atoms with E-state index in [4.69, 9.17) is 0 Å². The Labute approximate surface area is 154 Å². The van der Waals surface area contributed by atoms with E-state index in [0.29, 0.717) is 12.0 Å². The van der Waals surface area contributed by atoms with Gasteiger partial charge in [-0.1, -0.05) is 61.5 Å². The number of Topliss-reactive ketones (excluding diaryl/α,β-unsaturated/α-hetero) is 1. The number of nitrogens with one attached hydrogen (secondary N) is 1. The first-order valence-electron chi connectivity index (χ1n) is 8.81. The van der Waals surface area contributed by atoms with Crippen molar-refractivity contribution in [2.45, 2.75) is 38.5 Å². The molecule has 2 rings (SSSR count). The summed E-state index contributed by atoms with van der Waals surface area (Å²) in [5.74, 6) is -1.31. The molecule has 3 N–H and O–H groups in total. The highest BCUT2D eigenvalue weighted by Gasteiger charge is 2.25. The lowest BCUT2D eigenvalue weighted by molar-refractivity contribution is -0.121. The fourth-order valence-corrected chi connectivity index (χ4v) is 2.74. The van der Waals surface area contributed by atoms with Gasteiger partial charge in [0.05, 0.1) is 5.94 Å². The summed E-state index contributed by atoms with van der Waals surface area (Å²) >= 11 is 0. The second-order valence-electron chi connectivity index (χ2n) is 6.25. The fraction of sp³-hybridized carbons (Fsp3) is 0.300. The lowest BCUT2D eigenvalue weighted by Gasteiger charge is -2.18. The zero-order valence-corrected chi connectivity index (χ0v) is 14.9. The minimum absolute atomic E-state index is 0.00590. The smallest absolute Gasteiger partial charge is 0.426 e. The summed E-state index contributed by atoms with van der Waals surface area (Å²) in [5.41, 5.74) is 2.63. The molecule has 0 radical (unpaired) electrons. The van der Waals surface area contributed by atoms with Crippen molar-refractivity contribution in [2.24, 2.45) is 0 Å². The Kier molecular flexibility index (Phi) is 7.57. The quantitative estimate of drug-likeness (QED) is 0.475. The average molecular weight is 353 g/mol. The maximum Gasteiger partial charge on any atom is 0.475 e. The average Bonchev–Trinajstić information content (AvgIpc) is 2.66. The Balaban J connectivity index is 1.90. The van der Waals surface area contributed by atoms with Crippen molar-refractivity contribution in [1.29, 1.82) is 0 Å². The van der Waals surface area contributed by atoms with Crippen LogP contribution in [-0.4, -0.2) is 34.8 Å². The van der Waals surface area contributed by atoms with Crippen molar-refractivity contribution < 1.29 is 19.6 Å². The number of amides is 1. The molecule has 0 bridgehead atoms. The van der Waals surface area contributed by atoms with Crippen LogP contribution in [0.1, 0.15) is 41.3 Å². The third-order valence-electron chi connectivity index (χ3n) is 4.24. The maximum atomic E-state index is 12.1. The summed E-state index contributed by atoms with van der Waals surface area (Å²) in [6, 6.07) is 16.6. The monoisotopic (exact) mass is 353 g/mol. The van der Waals surface area contributed by atoms with Crippen molar-refractivity contribution >= 4 is 18.8 Å². The van der Waals surface area contributed by atoms with Gasteiger partial charge in [0.2, 0.25) is 5.91 Å². The minimum Gasteiger partial charge on any atom is -0.426 e. The van der Waals surface area contributed by atoms with Gasteiger partial charge in [0, 0.05) is 18.4 Å². The van der Waals surface area contributed by atoms with Crippen molar-refractivity contribution in [1.82, 2.24) is 5.32 Å². The Bertz CT molecular complexity index is 734. The number of ketones is 1. The van der Waals surface area contributed by atoms with Crippen LogP contribution in [-0.2, 0) is 17.6 Å². The van der Waals surface area contributed by atoms with Gasteiger partial charge >= 0.3 is 7.12 Å². The van der Waals surface area contributed by atoms with E-state index >= 15 is 0 Å². The molecule has 1 unspecified atom stereocenters. The van der Waals surface area contributed by atoms with E-state index in [1.54, 1.807) is 24.3 Å². The van der Waals surface area contributed by atoms with Gasteiger partial charge in [0.1, 0.15) is 0 Å². The SMILES string of the molecule is CCc1cccc(CC(NC(=O)CCC(=O)c2ccccc2)B(O)O)c1. The van der Waals surface area contributed by atoms with E-state index in [-0.39, 0.29) is 24.5 Å². The van der Waals surface area contributed by atoms with Gasteiger partial charge in [-0.05, 0) is 24.0 Å². The van der Waals surface area contributed by atoms with E-state index in [9.17, 15) is 19.6 Å². The van der Waals surface area contributed by atoms with Crippen LogP contribution >= 0.6 is 0 Å². The van der Waals surface area contributed by atoms with Crippen LogP contribution in [0.4, 0.5) is 0 Å². The summed E-state index contributed by atoms with van der Waals surface area (Å²) in [6.45, 7) is 2.04. The topological polar surface area (TPSA) is 86.6 Å². The Morgan fingerprint density at radius 1 is 1.00 bits per heavy atom. The molecular weight excluding hydrogens is 329 g/mol. The first-order valence-corrected chi connectivity index (χ1v) is 8.81. The number of rotatable bonds is 9. The molecule has 5 nitrogen and oxygen atoms in total. The van der Waals surface area contributed by atoms with E-state index < -0.39 is 13.1 Å². The lowest BCUT2D eigenvalue weighted by atomic mass is 9.75. The fourth-order valence-electron chi connectivity index (χ4n) is 2.74. The molecule has 0 heterocycles. The Morgan fingerprint density at radius 3 is 2.35 bits per heavy atom. The van der Waals surface area contributed by atoms with Gasteiger partial charge in [-0.25, -0.2) is 0 Å². The summed E-state index contributed by atoms with van der Waals surface area (Å²) in [5, 5.41) is 21.8. The lowest BCUT2D eigenvalue weighted by Crippen LogP contribution is -2.47. The zero-order valence-electron chi connectivity index (χ0n) is 14.9. The number of benzene rings is 2. The Morgan fingerprint density at radius 2 is 1.69 bits per heavy atom. The highest BCUT2D eigenvalue weighted by atomic mass is 16.4. The van der Waals surface area contributed by atoms with Gasteiger partial charge < -0.3 is 15.4 Å². The number of carbonyl (C=O) groups is 2. The second kappa shape index (κ2) is 9.90. The van der Waals surface area contributed by atoms with E-state index in [0.717, 1.165) is 17.5 Å². The number of carbonyl (C=O) groups excluding carboxylic acids is 2. The summed E-state index contributed by atoms with van der Waals surface area (Å²) in [4.78, 5) is 24.2. The summed E-state index contributed by atoms with van der Waals surface area (Å²) < 4.78 is 0. The molecule has 0 aliphatic heterocycles. The normalized spacial score (nSPS) is 11.7. The molecule has 6 heteroatoms. The molecule has 0 aliphatic rings. The van der Waals surface area contributed by atoms with Crippen LogP contribution in [0.15, 0.2) is 54.6 Å². The first kappa shape index (κ1) is 19.9. The summed E-state index contributed by atoms with van der Waals surface area (Å²) in [7, 11) is -1.67. The van der Waals surface area contributed by atoms with E-state index in [2.05, 4.69) is 5.32 Å². The molecule has 0 saturated carbocycles. The molecule has 0 spiro atoms. The minimum atomic E-state index is -1.67. The van der Waals surface area contributed by atoms with Crippen molar-refractivity contribution in [3.05, 3.63) is 71.3 Å². The van der Waals surface area contributed by atoms with Crippen LogP contribution in [0.25, 0.3) is 0 Å². The predicted octanol–water partition coefficient (Wildman–Crippen LogP) is 1.95. The van der Waals surface area contributed by atoms with E-state index in [1.165, 1.54) is 0 Å². The molecule has 0 saturated heterocycles. The van der Waals surface area contributed by atoms with Gasteiger partial charge in [0.25, 0.3) is 0 Å². The molecule has 0 aromatic heterocycles. The van der Waals surface area contributed by atoms with Crippen LogP contribution in [0.3, 0.4) is 0 Å². The number of aryl methyl sites for hydroxylation is 1. The highest BCUT2D eigenvalue weighted by molar-refractivity contribution is 6.43. The molecule has 26 heavy (non-hydrogen) atoms. The van der Waals surface area contributed by atoms with Gasteiger partial charge in [-0.2, -0.15) is 0 Å². The van der Waals surface area contributed by atoms with Crippen molar-refractivity contribution in [2.75, 3.05) is 0 Å². The van der Waals surface area contributed by atoms with Crippen LogP contribution in [0.2, 0.25) is 0 Å². The molecule has 1 atom stereocenters. The van der Waals surface area contributed by atoms with Crippen molar-refractivity contribution in [3.8, 4) is 0 Å². The molecule has 2 aromatic carbocycles. The zero-order chi connectivity index (χ0) is 18.9. The van der Waals surface area contributed by atoms with Gasteiger partial charge in [-0.3, -0.25) is 9.59 Å². The molecule has 0 aliphatic carbocycles.